The zero-order valence-corrected chi connectivity index (χ0v) is 25.8. The fourth-order valence-electron chi connectivity index (χ4n) is 5.39. The van der Waals surface area contributed by atoms with E-state index in [0.717, 1.165) is 66.5 Å². The van der Waals surface area contributed by atoms with Crippen LogP contribution in [0.3, 0.4) is 0 Å². The first-order valence-electron chi connectivity index (χ1n) is 14.4. The molecular weight excluding hydrogens is 563 g/mol. The molecule has 0 aromatic heterocycles. The lowest BCUT2D eigenvalue weighted by Gasteiger charge is -2.21. The molecule has 0 atom stereocenters. The summed E-state index contributed by atoms with van der Waals surface area (Å²) in [6, 6.07) is 48.1. The van der Waals surface area contributed by atoms with E-state index in [1.165, 1.54) is 0 Å². The summed E-state index contributed by atoms with van der Waals surface area (Å²) in [4.78, 5) is 0. The highest BCUT2D eigenvalue weighted by atomic mass is 31.2. The summed E-state index contributed by atoms with van der Waals surface area (Å²) < 4.78 is 31.3. The quantitative estimate of drug-likeness (QED) is 0.157. The standard InChI is InChI=1S/C39H33O4P/c1-41-34-16-4-28(5-17-34)31-10-22-37(23-11-31)44(40,38-24-12-32(13-25-38)29-6-18-35(42-2)19-7-29)39-26-14-33(15-27-39)30-8-20-36(43-3)21-9-30/h4-27H,1-3H3. The Morgan fingerprint density at radius 2 is 0.500 bits per heavy atom. The Hall–Kier alpha value is -5.05. The lowest BCUT2D eigenvalue weighted by atomic mass is 10.1. The predicted octanol–water partition coefficient (Wildman–Crippen LogP) is 8.35. The maximum atomic E-state index is 15.4. The van der Waals surface area contributed by atoms with Crippen molar-refractivity contribution in [3.63, 3.8) is 0 Å². The van der Waals surface area contributed by atoms with Gasteiger partial charge in [0.2, 0.25) is 0 Å². The first kappa shape index (κ1) is 29.0. The Morgan fingerprint density at radius 3 is 0.682 bits per heavy atom. The van der Waals surface area contributed by atoms with Crippen molar-refractivity contribution in [1.29, 1.82) is 0 Å². The van der Waals surface area contributed by atoms with Gasteiger partial charge in [0.15, 0.2) is 7.14 Å². The number of rotatable bonds is 9. The van der Waals surface area contributed by atoms with Crippen LogP contribution in [0.5, 0.6) is 17.2 Å². The average Bonchev–Trinajstić information content (AvgIpc) is 3.11. The van der Waals surface area contributed by atoms with Crippen molar-refractivity contribution >= 4 is 23.1 Å². The first-order valence-corrected chi connectivity index (χ1v) is 16.1. The van der Waals surface area contributed by atoms with Gasteiger partial charge in [0.25, 0.3) is 0 Å². The van der Waals surface area contributed by atoms with Gasteiger partial charge in [-0.25, -0.2) is 0 Å². The molecule has 44 heavy (non-hydrogen) atoms. The number of benzene rings is 6. The molecule has 0 spiro atoms. The third kappa shape index (κ3) is 5.77. The molecule has 0 aliphatic rings. The Morgan fingerprint density at radius 1 is 0.318 bits per heavy atom. The molecule has 0 bridgehead atoms. The number of ether oxygens (including phenoxy) is 3. The van der Waals surface area contributed by atoms with Gasteiger partial charge in [-0.3, -0.25) is 0 Å². The topological polar surface area (TPSA) is 44.8 Å². The van der Waals surface area contributed by atoms with E-state index in [-0.39, 0.29) is 0 Å². The molecular formula is C39H33O4P. The van der Waals surface area contributed by atoms with Gasteiger partial charge >= 0.3 is 0 Å². The predicted molar refractivity (Wildman–Crippen MR) is 182 cm³/mol. The lowest BCUT2D eigenvalue weighted by molar-refractivity contribution is 0.415. The molecule has 0 unspecified atom stereocenters. The van der Waals surface area contributed by atoms with Crippen molar-refractivity contribution in [2.75, 3.05) is 21.3 Å². The zero-order valence-electron chi connectivity index (χ0n) is 24.9. The van der Waals surface area contributed by atoms with Gasteiger partial charge in [0.05, 0.1) is 21.3 Å². The van der Waals surface area contributed by atoms with Crippen molar-refractivity contribution in [3.8, 4) is 50.6 Å². The van der Waals surface area contributed by atoms with Crippen LogP contribution < -0.4 is 30.1 Å². The highest BCUT2D eigenvalue weighted by molar-refractivity contribution is 7.85. The molecule has 0 heterocycles. The molecule has 6 rings (SSSR count). The summed E-state index contributed by atoms with van der Waals surface area (Å²) >= 11 is 0. The third-order valence-corrected chi connectivity index (χ3v) is 11.0. The van der Waals surface area contributed by atoms with Crippen LogP contribution in [0.2, 0.25) is 0 Å². The third-order valence-electron chi connectivity index (χ3n) is 7.96. The second-order valence-corrected chi connectivity index (χ2v) is 13.2. The van der Waals surface area contributed by atoms with Crippen molar-refractivity contribution < 1.29 is 18.8 Å². The van der Waals surface area contributed by atoms with Crippen LogP contribution in [0.15, 0.2) is 146 Å². The molecule has 5 heteroatoms. The molecule has 218 valence electrons. The second-order valence-electron chi connectivity index (χ2n) is 10.4. The van der Waals surface area contributed by atoms with E-state index in [9.17, 15) is 0 Å². The molecule has 0 aliphatic heterocycles. The van der Waals surface area contributed by atoms with Crippen molar-refractivity contribution in [3.05, 3.63) is 146 Å². The zero-order chi connectivity index (χ0) is 30.5. The van der Waals surface area contributed by atoms with Gasteiger partial charge in [-0.1, -0.05) is 109 Å². The Labute approximate surface area is 258 Å². The number of methoxy groups -OCH3 is 3. The number of hydrogen-bond donors (Lipinski definition) is 0. The average molecular weight is 597 g/mol. The first-order chi connectivity index (χ1) is 21.5. The minimum absolute atomic E-state index is 0.782. The summed E-state index contributed by atoms with van der Waals surface area (Å²) in [7, 11) is 1.77. The van der Waals surface area contributed by atoms with E-state index < -0.39 is 7.14 Å². The van der Waals surface area contributed by atoms with Crippen LogP contribution in [0.25, 0.3) is 33.4 Å². The summed E-state index contributed by atoms with van der Waals surface area (Å²) in [5.74, 6) is 2.43. The molecule has 0 amide bonds. The van der Waals surface area contributed by atoms with Crippen LogP contribution in [0, 0.1) is 0 Å². The van der Waals surface area contributed by atoms with Gasteiger partial charge in [0, 0.05) is 15.9 Å². The summed E-state index contributed by atoms with van der Waals surface area (Å²) in [6.45, 7) is 0. The summed E-state index contributed by atoms with van der Waals surface area (Å²) in [5.41, 5.74) is 6.35. The van der Waals surface area contributed by atoms with Crippen LogP contribution in [0.4, 0.5) is 0 Å². The SMILES string of the molecule is COc1ccc(-c2ccc(P(=O)(c3ccc(-c4ccc(OC)cc4)cc3)c3ccc(-c4ccc(OC)cc4)cc3)cc2)cc1. The molecule has 0 radical (unpaired) electrons. The van der Waals surface area contributed by atoms with E-state index in [4.69, 9.17) is 14.2 Å². The van der Waals surface area contributed by atoms with Crippen LogP contribution in [-0.2, 0) is 4.57 Å². The lowest BCUT2D eigenvalue weighted by Crippen LogP contribution is -2.25. The Bertz CT molecular complexity index is 1650. The van der Waals surface area contributed by atoms with Crippen molar-refractivity contribution in [2.24, 2.45) is 0 Å². The maximum Gasteiger partial charge on any atom is 0.171 e. The second kappa shape index (κ2) is 12.7. The monoisotopic (exact) mass is 596 g/mol. The maximum absolute atomic E-state index is 15.4. The largest absolute Gasteiger partial charge is 0.497 e. The van der Waals surface area contributed by atoms with Crippen LogP contribution in [0.1, 0.15) is 0 Å². The minimum Gasteiger partial charge on any atom is -0.497 e. The molecule has 4 nitrogen and oxygen atoms in total. The summed E-state index contributed by atoms with van der Waals surface area (Å²) in [5, 5.41) is 2.34. The minimum atomic E-state index is -3.21. The number of hydrogen-bond acceptors (Lipinski definition) is 4. The van der Waals surface area contributed by atoms with E-state index in [1.54, 1.807) is 21.3 Å². The van der Waals surface area contributed by atoms with Crippen LogP contribution in [-0.4, -0.2) is 21.3 Å². The highest BCUT2D eigenvalue weighted by Crippen LogP contribution is 2.43. The fourth-order valence-corrected chi connectivity index (χ4v) is 7.99. The smallest absolute Gasteiger partial charge is 0.171 e. The van der Waals surface area contributed by atoms with Gasteiger partial charge < -0.3 is 18.8 Å². The van der Waals surface area contributed by atoms with E-state index >= 15 is 4.57 Å². The molecule has 6 aromatic rings. The molecule has 6 aromatic carbocycles. The molecule has 0 saturated heterocycles. The molecule has 0 saturated carbocycles. The van der Waals surface area contributed by atoms with Crippen molar-refractivity contribution in [2.45, 2.75) is 0 Å². The Kier molecular flexibility index (Phi) is 8.36. The molecule has 0 N–H and O–H groups in total. The van der Waals surface area contributed by atoms with Crippen LogP contribution >= 0.6 is 7.14 Å². The summed E-state index contributed by atoms with van der Waals surface area (Å²) in [6.07, 6.45) is 0. The normalized spacial score (nSPS) is 11.2. The van der Waals surface area contributed by atoms with E-state index in [2.05, 4.69) is 0 Å². The van der Waals surface area contributed by atoms with E-state index in [1.807, 2.05) is 146 Å². The highest BCUT2D eigenvalue weighted by Gasteiger charge is 2.30. The Balaban J connectivity index is 1.39. The molecule has 0 fully saturated rings. The van der Waals surface area contributed by atoms with Gasteiger partial charge in [-0.2, -0.15) is 0 Å². The van der Waals surface area contributed by atoms with E-state index in [0.29, 0.717) is 0 Å². The van der Waals surface area contributed by atoms with Crippen molar-refractivity contribution in [1.82, 2.24) is 0 Å². The van der Waals surface area contributed by atoms with Gasteiger partial charge in [-0.15, -0.1) is 0 Å². The fraction of sp³-hybridized carbons (Fsp3) is 0.0769. The van der Waals surface area contributed by atoms with Gasteiger partial charge in [-0.05, 0) is 69.8 Å². The van der Waals surface area contributed by atoms with Gasteiger partial charge in [0.1, 0.15) is 17.2 Å². The molecule has 0 aliphatic carbocycles.